The molecular formula is C27H28FN5O3S. The van der Waals surface area contributed by atoms with Crippen LogP contribution in [0.1, 0.15) is 45.1 Å². The fraction of sp³-hybridized carbons (Fsp3) is 0.296. The van der Waals surface area contributed by atoms with Gasteiger partial charge in [0.1, 0.15) is 23.6 Å². The Morgan fingerprint density at radius 2 is 1.92 bits per heavy atom. The number of nitrogens with zero attached hydrogens (tertiary/aromatic N) is 4. The van der Waals surface area contributed by atoms with Crippen LogP contribution >= 0.6 is 0 Å². The van der Waals surface area contributed by atoms with Crippen LogP contribution in [0.25, 0.3) is 17.2 Å². The Balaban J connectivity index is 1.48. The van der Waals surface area contributed by atoms with Gasteiger partial charge in [0.25, 0.3) is 10.0 Å². The number of rotatable bonds is 6. The predicted octanol–water partition coefficient (Wildman–Crippen LogP) is 5.44. The second kappa shape index (κ2) is 9.59. The highest BCUT2D eigenvalue weighted by Gasteiger charge is 2.32. The van der Waals surface area contributed by atoms with Crippen molar-refractivity contribution in [2.45, 2.75) is 49.8 Å². The number of para-hydroxylation sites is 1. The fourth-order valence-electron chi connectivity index (χ4n) is 5.25. The highest BCUT2D eigenvalue weighted by atomic mass is 32.2. The van der Waals surface area contributed by atoms with Crippen LogP contribution in [0, 0.1) is 11.7 Å². The number of aromatic hydroxyl groups is 1. The summed E-state index contributed by atoms with van der Waals surface area (Å²) in [4.78, 5) is 4.26. The number of hydrogen-bond donors (Lipinski definition) is 2. The number of aromatic nitrogens is 4. The molecule has 2 aromatic heterocycles. The minimum absolute atomic E-state index is 0.0114. The van der Waals surface area contributed by atoms with Crippen LogP contribution in [0.15, 0.2) is 72.0 Å². The summed E-state index contributed by atoms with van der Waals surface area (Å²) in [7, 11) is -4.04. The minimum atomic E-state index is -4.04. The van der Waals surface area contributed by atoms with Crippen molar-refractivity contribution in [3.05, 3.63) is 78.5 Å². The van der Waals surface area contributed by atoms with Gasteiger partial charge in [0.2, 0.25) is 0 Å². The average Bonchev–Trinajstić information content (AvgIpc) is 3.33. The highest BCUT2D eigenvalue weighted by Crippen LogP contribution is 2.42. The summed E-state index contributed by atoms with van der Waals surface area (Å²) in [6.45, 7) is 4.49. The second-order valence-corrected chi connectivity index (χ2v) is 11.6. The first-order valence-corrected chi connectivity index (χ1v) is 13.6. The molecule has 0 bridgehead atoms. The van der Waals surface area contributed by atoms with Gasteiger partial charge in [-0.3, -0.25) is 9.29 Å². The van der Waals surface area contributed by atoms with E-state index in [1.165, 1.54) is 29.4 Å². The van der Waals surface area contributed by atoms with Crippen molar-refractivity contribution >= 4 is 15.7 Å². The minimum Gasteiger partial charge on any atom is -0.506 e. The average molecular weight is 522 g/mol. The van der Waals surface area contributed by atoms with E-state index in [1.54, 1.807) is 30.3 Å². The van der Waals surface area contributed by atoms with Gasteiger partial charge in [-0.2, -0.15) is 0 Å². The van der Waals surface area contributed by atoms with E-state index < -0.39 is 15.8 Å². The Bertz CT molecular complexity index is 1540. The standard InChI is InChI=1S/C27H28FN5O3S/c1-18-6-5-13-27(2,15-18)19-9-11-21(12-10-19)37(35,36)32-23-14-20(34)16-29-25(23)26-31-30-17-33(26)24-8-4-3-7-22(24)28/h3-4,7-12,14,16-18,32,34H,5-6,13,15H2,1-2H3. The molecule has 192 valence electrons. The molecule has 1 saturated carbocycles. The van der Waals surface area contributed by atoms with Gasteiger partial charge >= 0.3 is 0 Å². The lowest BCUT2D eigenvalue weighted by molar-refractivity contribution is 0.252. The number of benzene rings is 2. The molecule has 0 spiro atoms. The van der Waals surface area contributed by atoms with Crippen LogP contribution in [0.2, 0.25) is 0 Å². The van der Waals surface area contributed by atoms with Gasteiger partial charge in [0, 0.05) is 6.07 Å². The zero-order chi connectivity index (χ0) is 26.2. The van der Waals surface area contributed by atoms with Gasteiger partial charge in [0.15, 0.2) is 5.82 Å². The first-order valence-electron chi connectivity index (χ1n) is 12.1. The third-order valence-corrected chi connectivity index (χ3v) is 8.46. The lowest BCUT2D eigenvalue weighted by Crippen LogP contribution is -2.29. The zero-order valence-electron chi connectivity index (χ0n) is 20.6. The molecule has 0 radical (unpaired) electrons. The maximum atomic E-state index is 14.5. The third kappa shape index (κ3) is 4.93. The Labute approximate surface area is 215 Å². The number of anilines is 1. The molecule has 5 rings (SSSR count). The number of halogens is 1. The van der Waals surface area contributed by atoms with Crippen LogP contribution in [0.5, 0.6) is 5.75 Å². The van der Waals surface area contributed by atoms with Crippen LogP contribution in [-0.4, -0.2) is 33.3 Å². The number of hydrogen-bond acceptors (Lipinski definition) is 6. The van der Waals surface area contributed by atoms with Crippen molar-refractivity contribution < 1.29 is 17.9 Å². The number of sulfonamides is 1. The summed E-state index contributed by atoms with van der Waals surface area (Å²) in [6.07, 6.45) is 6.99. The molecule has 2 N–H and O–H groups in total. The molecule has 1 fully saturated rings. The van der Waals surface area contributed by atoms with Gasteiger partial charge in [-0.25, -0.2) is 17.8 Å². The molecule has 10 heteroatoms. The zero-order valence-corrected chi connectivity index (χ0v) is 21.4. The van der Waals surface area contributed by atoms with E-state index in [0.717, 1.165) is 31.0 Å². The van der Waals surface area contributed by atoms with E-state index in [2.05, 4.69) is 33.8 Å². The monoisotopic (exact) mass is 521 g/mol. The summed E-state index contributed by atoms with van der Waals surface area (Å²) in [5, 5.41) is 18.0. The molecule has 1 aliphatic rings. The molecule has 0 amide bonds. The van der Waals surface area contributed by atoms with Crippen molar-refractivity contribution in [1.82, 2.24) is 19.7 Å². The van der Waals surface area contributed by atoms with Gasteiger partial charge in [0.05, 0.1) is 22.5 Å². The smallest absolute Gasteiger partial charge is 0.261 e. The number of nitrogens with one attached hydrogen (secondary N) is 1. The summed E-state index contributed by atoms with van der Waals surface area (Å²) < 4.78 is 45.0. The van der Waals surface area contributed by atoms with Crippen LogP contribution in [0.4, 0.5) is 10.1 Å². The Morgan fingerprint density at radius 3 is 2.65 bits per heavy atom. The SMILES string of the molecule is CC1CCCC(C)(c2ccc(S(=O)(=O)Nc3cc(O)cnc3-c3nncn3-c3ccccc3F)cc2)C1. The Hall–Kier alpha value is -3.79. The quantitative estimate of drug-likeness (QED) is 0.350. The summed E-state index contributed by atoms with van der Waals surface area (Å²) in [5.74, 6) is -0.0110. The fourth-order valence-corrected chi connectivity index (χ4v) is 6.30. The molecule has 2 atom stereocenters. The molecule has 37 heavy (non-hydrogen) atoms. The van der Waals surface area contributed by atoms with Crippen LogP contribution in [-0.2, 0) is 15.4 Å². The second-order valence-electron chi connectivity index (χ2n) is 9.96. The molecule has 2 unspecified atom stereocenters. The number of pyridine rings is 1. The van der Waals surface area contributed by atoms with Crippen molar-refractivity contribution in [2.24, 2.45) is 5.92 Å². The van der Waals surface area contributed by atoms with Gasteiger partial charge in [-0.1, -0.05) is 51.0 Å². The van der Waals surface area contributed by atoms with Gasteiger partial charge in [-0.15, -0.1) is 10.2 Å². The van der Waals surface area contributed by atoms with Crippen molar-refractivity contribution in [3.63, 3.8) is 0 Å². The molecule has 1 aliphatic carbocycles. The normalized spacial score (nSPS) is 20.0. The largest absolute Gasteiger partial charge is 0.506 e. The van der Waals surface area contributed by atoms with Crippen molar-refractivity contribution in [3.8, 4) is 23.0 Å². The molecule has 2 aromatic carbocycles. The Kier molecular flexibility index (Phi) is 6.45. The summed E-state index contributed by atoms with van der Waals surface area (Å²) in [5.41, 5.74) is 1.39. The topological polar surface area (TPSA) is 110 Å². The van der Waals surface area contributed by atoms with Gasteiger partial charge < -0.3 is 5.11 Å². The maximum Gasteiger partial charge on any atom is 0.261 e. The molecule has 0 aliphatic heterocycles. The predicted molar refractivity (Wildman–Crippen MR) is 138 cm³/mol. The van der Waals surface area contributed by atoms with E-state index >= 15 is 0 Å². The van der Waals surface area contributed by atoms with Crippen LogP contribution < -0.4 is 4.72 Å². The van der Waals surface area contributed by atoms with E-state index in [9.17, 15) is 17.9 Å². The van der Waals surface area contributed by atoms with Crippen molar-refractivity contribution in [1.29, 1.82) is 0 Å². The van der Waals surface area contributed by atoms with E-state index in [1.807, 2.05) is 12.1 Å². The lowest BCUT2D eigenvalue weighted by atomic mass is 9.68. The third-order valence-electron chi connectivity index (χ3n) is 7.08. The maximum absolute atomic E-state index is 14.5. The Morgan fingerprint density at radius 1 is 1.16 bits per heavy atom. The van der Waals surface area contributed by atoms with E-state index in [0.29, 0.717) is 5.92 Å². The lowest BCUT2D eigenvalue weighted by Gasteiger charge is -2.37. The van der Waals surface area contributed by atoms with E-state index in [-0.39, 0.29) is 39.0 Å². The van der Waals surface area contributed by atoms with Crippen LogP contribution in [0.3, 0.4) is 0 Å². The van der Waals surface area contributed by atoms with Gasteiger partial charge in [-0.05, 0) is 54.0 Å². The first kappa shape index (κ1) is 24.9. The molecule has 8 nitrogen and oxygen atoms in total. The summed E-state index contributed by atoms with van der Waals surface area (Å²) in [6, 6.07) is 14.2. The molecule has 0 saturated heterocycles. The van der Waals surface area contributed by atoms with E-state index in [4.69, 9.17) is 0 Å². The summed E-state index contributed by atoms with van der Waals surface area (Å²) >= 11 is 0. The molecule has 2 heterocycles. The first-order chi connectivity index (χ1) is 17.7. The molecular weight excluding hydrogens is 493 g/mol. The van der Waals surface area contributed by atoms with Crippen molar-refractivity contribution in [2.75, 3.05) is 4.72 Å². The molecule has 4 aromatic rings. The highest BCUT2D eigenvalue weighted by molar-refractivity contribution is 7.92.